The molecule has 0 amide bonds. The number of benzene rings is 1. The fourth-order valence-corrected chi connectivity index (χ4v) is 2.53. The Morgan fingerprint density at radius 3 is 2.62 bits per heavy atom. The van der Waals surface area contributed by atoms with Gasteiger partial charge in [-0.1, -0.05) is 0 Å². The lowest BCUT2D eigenvalue weighted by atomic mass is 9.90. The van der Waals surface area contributed by atoms with Crippen LogP contribution in [0, 0.1) is 10.1 Å². The van der Waals surface area contributed by atoms with Crippen molar-refractivity contribution >= 4 is 11.4 Å². The van der Waals surface area contributed by atoms with Crippen LogP contribution in [-0.2, 0) is 0 Å². The number of non-ortho nitro benzene ring substituents is 1. The Labute approximate surface area is 121 Å². The van der Waals surface area contributed by atoms with E-state index in [1.54, 1.807) is 0 Å². The van der Waals surface area contributed by atoms with Crippen LogP contribution in [0.5, 0.6) is 0 Å². The normalized spacial score (nSPS) is 15.0. The third-order valence-corrected chi connectivity index (χ3v) is 3.84. The van der Waals surface area contributed by atoms with Crippen molar-refractivity contribution < 1.29 is 18.8 Å². The molecule has 5 nitrogen and oxygen atoms in total. The standard InChI is InChI=1S/C14H18F2N2O3/c15-14(16)12-9-11(18(20)21)5-6-13(12)17(7-2-8-19)10-3-1-4-10/h5-6,9-10,14,19H,1-4,7-8H2. The van der Waals surface area contributed by atoms with Gasteiger partial charge in [0.1, 0.15) is 0 Å². The molecule has 1 aliphatic carbocycles. The maximum atomic E-state index is 13.2. The van der Waals surface area contributed by atoms with Crippen molar-refractivity contribution in [2.75, 3.05) is 18.1 Å². The van der Waals surface area contributed by atoms with Crippen molar-refractivity contribution in [2.45, 2.75) is 38.2 Å². The summed E-state index contributed by atoms with van der Waals surface area (Å²) in [5, 5.41) is 19.7. The molecule has 1 aromatic rings. The summed E-state index contributed by atoms with van der Waals surface area (Å²) < 4.78 is 26.5. The van der Waals surface area contributed by atoms with E-state index in [9.17, 15) is 18.9 Å². The monoisotopic (exact) mass is 300 g/mol. The Kier molecular flexibility index (Phi) is 5.06. The molecule has 0 radical (unpaired) electrons. The van der Waals surface area contributed by atoms with Crippen LogP contribution in [0.4, 0.5) is 20.2 Å². The first-order chi connectivity index (χ1) is 10.0. The van der Waals surface area contributed by atoms with Gasteiger partial charge in [0.2, 0.25) is 0 Å². The molecular formula is C14H18F2N2O3. The zero-order valence-electron chi connectivity index (χ0n) is 11.5. The Morgan fingerprint density at radius 2 is 2.14 bits per heavy atom. The van der Waals surface area contributed by atoms with Crippen LogP contribution < -0.4 is 4.90 Å². The maximum absolute atomic E-state index is 13.2. The largest absolute Gasteiger partial charge is 0.396 e. The molecule has 116 valence electrons. The van der Waals surface area contributed by atoms with Crippen molar-refractivity contribution in [1.82, 2.24) is 0 Å². The van der Waals surface area contributed by atoms with Crippen LogP contribution in [0.15, 0.2) is 18.2 Å². The van der Waals surface area contributed by atoms with Gasteiger partial charge in [-0.05, 0) is 31.7 Å². The number of hydrogen-bond acceptors (Lipinski definition) is 4. The van der Waals surface area contributed by atoms with E-state index in [1.165, 1.54) is 12.1 Å². The molecule has 1 saturated carbocycles. The van der Waals surface area contributed by atoms with Crippen molar-refractivity contribution in [3.8, 4) is 0 Å². The molecule has 0 aromatic heterocycles. The highest BCUT2D eigenvalue weighted by atomic mass is 19.3. The summed E-state index contributed by atoms with van der Waals surface area (Å²) in [6.45, 7) is 0.457. The van der Waals surface area contributed by atoms with E-state index in [-0.39, 0.29) is 23.9 Å². The van der Waals surface area contributed by atoms with Gasteiger partial charge in [0.05, 0.1) is 4.92 Å². The smallest absolute Gasteiger partial charge is 0.270 e. The summed E-state index contributed by atoms with van der Waals surface area (Å²) in [4.78, 5) is 11.9. The number of aliphatic hydroxyl groups excluding tert-OH is 1. The lowest BCUT2D eigenvalue weighted by Gasteiger charge is -2.40. The number of nitrogens with zero attached hydrogens (tertiary/aromatic N) is 2. The summed E-state index contributed by atoms with van der Waals surface area (Å²) in [6, 6.07) is 3.78. The minimum Gasteiger partial charge on any atom is -0.396 e. The van der Waals surface area contributed by atoms with Crippen molar-refractivity contribution in [1.29, 1.82) is 0 Å². The first-order valence-electron chi connectivity index (χ1n) is 6.98. The average Bonchev–Trinajstić information content (AvgIpc) is 2.40. The Bertz CT molecular complexity index is 507. The van der Waals surface area contributed by atoms with Gasteiger partial charge < -0.3 is 10.0 Å². The van der Waals surface area contributed by atoms with Crippen LogP contribution in [0.25, 0.3) is 0 Å². The number of anilines is 1. The molecule has 0 aliphatic heterocycles. The predicted molar refractivity (Wildman–Crippen MR) is 74.7 cm³/mol. The van der Waals surface area contributed by atoms with Crippen molar-refractivity contribution in [2.24, 2.45) is 0 Å². The fourth-order valence-electron chi connectivity index (χ4n) is 2.53. The number of rotatable bonds is 7. The van der Waals surface area contributed by atoms with E-state index in [0.717, 1.165) is 25.3 Å². The molecule has 0 spiro atoms. The molecule has 0 bridgehead atoms. The lowest BCUT2D eigenvalue weighted by molar-refractivity contribution is -0.385. The van der Waals surface area contributed by atoms with Gasteiger partial charge in [0.25, 0.3) is 12.1 Å². The van der Waals surface area contributed by atoms with Crippen molar-refractivity contribution in [3.63, 3.8) is 0 Å². The van der Waals surface area contributed by atoms with Gasteiger partial charge in [0.15, 0.2) is 0 Å². The first-order valence-corrected chi connectivity index (χ1v) is 6.98. The maximum Gasteiger partial charge on any atom is 0.270 e. The second-order valence-electron chi connectivity index (χ2n) is 5.16. The SMILES string of the molecule is O=[N+]([O-])c1ccc(N(CCCO)C2CCC2)c(C(F)F)c1. The van der Waals surface area contributed by atoms with Gasteiger partial charge >= 0.3 is 0 Å². The molecule has 1 aromatic carbocycles. The third kappa shape index (κ3) is 3.47. The molecule has 2 rings (SSSR count). The summed E-state index contributed by atoms with van der Waals surface area (Å²) in [6.07, 6.45) is 0.612. The van der Waals surface area contributed by atoms with Gasteiger partial charge in [-0.15, -0.1) is 0 Å². The van der Waals surface area contributed by atoms with E-state index in [2.05, 4.69) is 0 Å². The highest BCUT2D eigenvalue weighted by Crippen LogP contribution is 2.37. The minimum absolute atomic E-state index is 0.0137. The number of alkyl halides is 2. The van der Waals surface area contributed by atoms with Crippen LogP contribution in [-0.4, -0.2) is 29.2 Å². The predicted octanol–water partition coefficient (Wildman–Crippen LogP) is 3.27. The van der Waals surface area contributed by atoms with Crippen LogP contribution in [0.3, 0.4) is 0 Å². The summed E-state index contributed by atoms with van der Waals surface area (Å²) in [5.41, 5.74) is -0.299. The molecule has 1 fully saturated rings. The van der Waals surface area contributed by atoms with E-state index in [0.29, 0.717) is 18.7 Å². The fraction of sp³-hybridized carbons (Fsp3) is 0.571. The Balaban J connectivity index is 2.35. The van der Waals surface area contributed by atoms with Gasteiger partial charge in [-0.3, -0.25) is 10.1 Å². The quantitative estimate of drug-likeness (QED) is 0.620. The minimum atomic E-state index is -2.77. The topological polar surface area (TPSA) is 66.6 Å². The van der Waals surface area contributed by atoms with Gasteiger partial charge in [-0.25, -0.2) is 8.78 Å². The zero-order valence-corrected chi connectivity index (χ0v) is 11.5. The molecule has 0 atom stereocenters. The summed E-state index contributed by atoms with van der Waals surface area (Å²) in [5.74, 6) is 0. The number of hydrogen-bond donors (Lipinski definition) is 1. The first kappa shape index (κ1) is 15.6. The highest BCUT2D eigenvalue weighted by Gasteiger charge is 2.29. The number of nitro groups is 1. The zero-order chi connectivity index (χ0) is 15.4. The van der Waals surface area contributed by atoms with Crippen LogP contribution >= 0.6 is 0 Å². The molecule has 0 unspecified atom stereocenters. The lowest BCUT2D eigenvalue weighted by Crippen LogP contribution is -2.41. The van der Waals surface area contributed by atoms with Gasteiger partial charge in [0, 0.05) is 42.6 Å². The Morgan fingerprint density at radius 1 is 1.43 bits per heavy atom. The summed E-state index contributed by atoms with van der Waals surface area (Å²) in [7, 11) is 0. The summed E-state index contributed by atoms with van der Waals surface area (Å²) >= 11 is 0. The Hall–Kier alpha value is -1.76. The average molecular weight is 300 g/mol. The number of aliphatic hydroxyl groups is 1. The van der Waals surface area contributed by atoms with E-state index < -0.39 is 11.3 Å². The van der Waals surface area contributed by atoms with Crippen molar-refractivity contribution in [3.05, 3.63) is 33.9 Å². The number of halogens is 2. The molecule has 0 heterocycles. The van der Waals surface area contributed by atoms with Crippen LogP contribution in [0.1, 0.15) is 37.7 Å². The molecule has 21 heavy (non-hydrogen) atoms. The van der Waals surface area contributed by atoms with Crippen LogP contribution in [0.2, 0.25) is 0 Å². The van der Waals surface area contributed by atoms with E-state index in [4.69, 9.17) is 5.11 Å². The second-order valence-corrected chi connectivity index (χ2v) is 5.16. The molecule has 7 heteroatoms. The second kappa shape index (κ2) is 6.80. The third-order valence-electron chi connectivity index (χ3n) is 3.84. The highest BCUT2D eigenvalue weighted by molar-refractivity contribution is 5.59. The molecule has 1 N–H and O–H groups in total. The van der Waals surface area contributed by atoms with E-state index >= 15 is 0 Å². The molecule has 1 aliphatic rings. The van der Waals surface area contributed by atoms with E-state index in [1.807, 2.05) is 4.90 Å². The molecule has 0 saturated heterocycles. The number of nitro benzene ring substituents is 1. The molecular weight excluding hydrogens is 282 g/mol. The van der Waals surface area contributed by atoms with Gasteiger partial charge in [-0.2, -0.15) is 0 Å².